The standard InChI is InChI=1S/C16H12F24N/c1-41(2,3)4-6(19,20)8(23,24)10(27,28)12(31,32)14(35,36)16(39,40)15(37,38)13(33,34)11(29,30)9(25,26)7(21,22)5(17)18/h5H,4H2,1-3H3/q+1. The molecule has 0 saturated carbocycles. The Balaban J connectivity index is 7.28. The molecule has 0 aromatic rings. The van der Waals surface area contributed by atoms with Crippen molar-refractivity contribution in [1.82, 2.24) is 0 Å². The molecule has 248 valence electrons. The largest absolute Gasteiger partial charge is 0.385 e. The maximum Gasteiger partial charge on any atom is 0.385 e. The fourth-order valence-corrected chi connectivity index (χ4v) is 2.65. The summed E-state index contributed by atoms with van der Waals surface area (Å²) in [7, 11) is 1.25. The first kappa shape index (κ1) is 39.3. The summed E-state index contributed by atoms with van der Waals surface area (Å²) in [6.45, 7) is -2.76. The average Bonchev–Trinajstić information content (AvgIpc) is 2.70. The van der Waals surface area contributed by atoms with E-state index < -0.39 is 82.6 Å². The predicted octanol–water partition coefficient (Wildman–Crippen LogP) is 7.95. The average molecular weight is 674 g/mol. The molecule has 0 spiro atoms. The molecule has 1 nitrogen and oxygen atoms in total. The van der Waals surface area contributed by atoms with Crippen LogP contribution >= 0.6 is 0 Å². The van der Waals surface area contributed by atoms with Crippen molar-refractivity contribution in [2.45, 2.75) is 71.6 Å². The van der Waals surface area contributed by atoms with Crippen LogP contribution in [0.2, 0.25) is 0 Å². The van der Waals surface area contributed by atoms with Gasteiger partial charge in [0.25, 0.3) is 0 Å². The lowest BCUT2D eigenvalue weighted by atomic mass is 9.84. The fourth-order valence-electron chi connectivity index (χ4n) is 2.65. The number of hydrogen-bond acceptors (Lipinski definition) is 0. The zero-order valence-electron chi connectivity index (χ0n) is 19.3. The van der Waals surface area contributed by atoms with Crippen molar-refractivity contribution in [3.8, 4) is 0 Å². The van der Waals surface area contributed by atoms with Crippen molar-refractivity contribution in [2.24, 2.45) is 0 Å². The minimum atomic E-state index is -9.44. The fraction of sp³-hybridized carbons (Fsp3) is 1.00. The van der Waals surface area contributed by atoms with Crippen LogP contribution in [0.15, 0.2) is 0 Å². The van der Waals surface area contributed by atoms with Crippen LogP contribution in [0.4, 0.5) is 105 Å². The van der Waals surface area contributed by atoms with E-state index in [0.29, 0.717) is 21.1 Å². The molecule has 0 aromatic carbocycles. The van der Waals surface area contributed by atoms with Crippen molar-refractivity contribution >= 4 is 0 Å². The van der Waals surface area contributed by atoms with E-state index in [2.05, 4.69) is 0 Å². The van der Waals surface area contributed by atoms with Crippen molar-refractivity contribution in [1.29, 1.82) is 0 Å². The van der Waals surface area contributed by atoms with Crippen molar-refractivity contribution < 1.29 is 110 Å². The third-order valence-corrected chi connectivity index (χ3v) is 4.98. The van der Waals surface area contributed by atoms with Crippen molar-refractivity contribution in [2.75, 3.05) is 27.7 Å². The lowest BCUT2D eigenvalue weighted by Gasteiger charge is -2.45. The molecule has 0 fully saturated rings. The van der Waals surface area contributed by atoms with E-state index in [9.17, 15) is 105 Å². The highest BCUT2D eigenvalue weighted by Gasteiger charge is 2.99. The summed E-state index contributed by atoms with van der Waals surface area (Å²) >= 11 is 0. The molecule has 0 amide bonds. The summed E-state index contributed by atoms with van der Waals surface area (Å²) in [6, 6.07) is 0. The first-order valence-electron chi connectivity index (χ1n) is 9.39. The SMILES string of the molecule is C[N+](C)(C)CC(F)(F)C(F)(F)C(F)(F)C(F)(F)C(F)(F)C(F)(F)C(F)(F)C(F)(F)C(F)(F)C(F)(F)C(F)(F)C(F)F. The normalized spacial score (nSPS) is 17.0. The van der Waals surface area contributed by atoms with Crippen LogP contribution in [0.5, 0.6) is 0 Å². The summed E-state index contributed by atoms with van der Waals surface area (Å²) in [5.74, 6) is -95.7. The summed E-state index contributed by atoms with van der Waals surface area (Å²) < 4.78 is 320. The zero-order chi connectivity index (χ0) is 34.3. The third-order valence-electron chi connectivity index (χ3n) is 4.98. The Labute approximate surface area is 210 Å². The summed E-state index contributed by atoms with van der Waals surface area (Å²) in [5, 5.41) is 0. The number of rotatable bonds is 13. The molecular formula is C16H12F24N+. The lowest BCUT2D eigenvalue weighted by Crippen LogP contribution is -2.78. The Bertz CT molecular complexity index is 940. The number of alkyl halides is 24. The molecule has 0 bridgehead atoms. The van der Waals surface area contributed by atoms with Crippen molar-refractivity contribution in [3.05, 3.63) is 0 Å². The maximum absolute atomic E-state index is 13.7. The van der Waals surface area contributed by atoms with E-state index >= 15 is 0 Å². The zero-order valence-corrected chi connectivity index (χ0v) is 19.3. The molecule has 0 N–H and O–H groups in total. The Morgan fingerprint density at radius 1 is 0.366 bits per heavy atom. The Kier molecular flexibility index (Phi) is 9.24. The second-order valence-corrected chi connectivity index (χ2v) is 9.25. The van der Waals surface area contributed by atoms with E-state index in [-0.39, 0.29) is 0 Å². The van der Waals surface area contributed by atoms with Crippen LogP contribution in [0, 0.1) is 0 Å². The quantitative estimate of drug-likeness (QED) is 0.138. The van der Waals surface area contributed by atoms with Gasteiger partial charge in [-0.15, -0.1) is 0 Å². The first-order chi connectivity index (χ1) is 17.2. The van der Waals surface area contributed by atoms with E-state index in [1.54, 1.807) is 0 Å². The van der Waals surface area contributed by atoms with E-state index in [1.807, 2.05) is 0 Å². The van der Waals surface area contributed by atoms with Gasteiger partial charge in [-0.2, -0.15) is 96.6 Å². The monoisotopic (exact) mass is 674 g/mol. The molecule has 0 rings (SSSR count). The van der Waals surface area contributed by atoms with Gasteiger partial charge in [-0.1, -0.05) is 0 Å². The molecule has 0 atom stereocenters. The van der Waals surface area contributed by atoms with Gasteiger partial charge in [0.2, 0.25) is 0 Å². The summed E-state index contributed by atoms with van der Waals surface area (Å²) in [4.78, 5) is 0. The van der Waals surface area contributed by atoms with Gasteiger partial charge in [-0.05, 0) is 0 Å². The van der Waals surface area contributed by atoms with Crippen molar-refractivity contribution in [3.63, 3.8) is 0 Å². The molecule has 25 heteroatoms. The molecule has 0 aliphatic rings. The first-order valence-corrected chi connectivity index (χ1v) is 9.39. The van der Waals surface area contributed by atoms with Gasteiger partial charge in [0.05, 0.1) is 21.1 Å². The third kappa shape index (κ3) is 5.01. The molecule has 0 unspecified atom stereocenters. The molecule has 0 aromatic heterocycles. The van der Waals surface area contributed by atoms with Crippen LogP contribution in [0.3, 0.4) is 0 Å². The predicted molar refractivity (Wildman–Crippen MR) is 83.3 cm³/mol. The van der Waals surface area contributed by atoms with Gasteiger partial charge < -0.3 is 4.48 Å². The number of halogens is 24. The van der Waals surface area contributed by atoms with Crippen LogP contribution in [0.25, 0.3) is 0 Å². The summed E-state index contributed by atoms with van der Waals surface area (Å²) in [5.41, 5.74) is 0. The second-order valence-electron chi connectivity index (χ2n) is 9.25. The van der Waals surface area contributed by atoms with Gasteiger partial charge in [-0.25, -0.2) is 8.78 Å². The Morgan fingerprint density at radius 3 is 0.756 bits per heavy atom. The highest BCUT2D eigenvalue weighted by Crippen LogP contribution is 2.67. The van der Waals surface area contributed by atoms with Crippen LogP contribution in [-0.2, 0) is 0 Å². The smallest absolute Gasteiger partial charge is 0.326 e. The van der Waals surface area contributed by atoms with Gasteiger partial charge in [-0.3, -0.25) is 0 Å². The molecular weight excluding hydrogens is 662 g/mol. The Hall–Kier alpha value is -1.72. The minimum absolute atomic E-state index is 0.416. The second kappa shape index (κ2) is 9.64. The molecule has 0 saturated heterocycles. The topological polar surface area (TPSA) is 0 Å². The van der Waals surface area contributed by atoms with E-state index in [4.69, 9.17) is 0 Å². The Morgan fingerprint density at radius 2 is 0.561 bits per heavy atom. The molecule has 41 heavy (non-hydrogen) atoms. The molecule has 0 aliphatic heterocycles. The van der Waals surface area contributed by atoms with Gasteiger partial charge >= 0.3 is 71.6 Å². The van der Waals surface area contributed by atoms with Crippen LogP contribution in [0.1, 0.15) is 0 Å². The lowest BCUT2D eigenvalue weighted by molar-refractivity contribution is -0.880. The number of quaternary nitrogens is 1. The molecule has 0 heterocycles. The van der Waals surface area contributed by atoms with Gasteiger partial charge in [0.15, 0.2) is 0 Å². The molecule has 0 radical (unpaired) electrons. The molecule has 0 aliphatic carbocycles. The van der Waals surface area contributed by atoms with Gasteiger partial charge in [0.1, 0.15) is 6.54 Å². The number of nitrogens with zero attached hydrogens (tertiary/aromatic N) is 1. The van der Waals surface area contributed by atoms with Crippen LogP contribution < -0.4 is 0 Å². The summed E-state index contributed by atoms with van der Waals surface area (Å²) in [6.07, 6.45) is -6.24. The maximum atomic E-state index is 13.7. The van der Waals surface area contributed by atoms with Gasteiger partial charge in [0, 0.05) is 0 Å². The minimum Gasteiger partial charge on any atom is -0.326 e. The van der Waals surface area contributed by atoms with Crippen LogP contribution in [-0.4, -0.2) is 104 Å². The van der Waals surface area contributed by atoms with E-state index in [1.165, 1.54) is 0 Å². The highest BCUT2D eigenvalue weighted by molar-refractivity contribution is 5.19. The number of hydrogen-bond donors (Lipinski definition) is 0. The van der Waals surface area contributed by atoms with E-state index in [0.717, 1.165) is 0 Å². The highest BCUT2D eigenvalue weighted by atomic mass is 19.4.